The Balaban J connectivity index is 2.54. The van der Waals surface area contributed by atoms with Gasteiger partial charge >= 0.3 is 0 Å². The fourth-order valence-corrected chi connectivity index (χ4v) is 3.22. The zero-order chi connectivity index (χ0) is 14.7. The molecule has 0 aliphatic rings. The molecule has 1 aromatic carbocycles. The van der Waals surface area contributed by atoms with Crippen molar-refractivity contribution in [2.45, 2.75) is 47.0 Å². The first kappa shape index (κ1) is 13.2. The summed E-state index contributed by atoms with van der Waals surface area (Å²) in [5.74, 6) is 0. The highest BCUT2D eigenvalue weighted by atomic mass is 16.3. The first-order valence-electron chi connectivity index (χ1n) is 7.09. The molecule has 3 rings (SSSR count). The molecule has 2 nitrogen and oxygen atoms in total. The van der Waals surface area contributed by atoms with E-state index in [1.807, 2.05) is 6.92 Å². The van der Waals surface area contributed by atoms with E-state index in [4.69, 9.17) is 4.42 Å². The fraction of sp³-hybridized carbons (Fsp3) is 0.389. The summed E-state index contributed by atoms with van der Waals surface area (Å²) in [6.45, 7) is 13.0. The second kappa shape index (κ2) is 4.08. The molecule has 0 amide bonds. The van der Waals surface area contributed by atoms with Crippen molar-refractivity contribution in [3.8, 4) is 0 Å². The maximum absolute atomic E-state index is 6.14. The Labute approximate surface area is 119 Å². The van der Waals surface area contributed by atoms with Crippen LogP contribution in [0.25, 0.3) is 22.1 Å². The Morgan fingerprint density at radius 3 is 2.35 bits per heavy atom. The minimum Gasteiger partial charge on any atom is -0.437 e. The van der Waals surface area contributed by atoms with Crippen LogP contribution in [0.5, 0.6) is 0 Å². The van der Waals surface area contributed by atoms with Gasteiger partial charge in [-0.25, -0.2) is 4.98 Å². The first-order chi connectivity index (χ1) is 9.29. The predicted molar refractivity (Wildman–Crippen MR) is 84.4 cm³/mol. The molecule has 0 radical (unpaired) electrons. The summed E-state index contributed by atoms with van der Waals surface area (Å²) in [7, 11) is 0. The Morgan fingerprint density at radius 1 is 1.00 bits per heavy atom. The zero-order valence-electron chi connectivity index (χ0n) is 13.1. The van der Waals surface area contributed by atoms with Crippen LogP contribution in [-0.4, -0.2) is 4.98 Å². The third kappa shape index (κ3) is 1.82. The lowest BCUT2D eigenvalue weighted by Gasteiger charge is -2.21. The van der Waals surface area contributed by atoms with Crippen LogP contribution < -0.4 is 0 Å². The summed E-state index contributed by atoms with van der Waals surface area (Å²) in [6, 6.07) is 6.47. The van der Waals surface area contributed by atoms with Gasteiger partial charge in [-0.05, 0) is 43.4 Å². The van der Waals surface area contributed by atoms with Gasteiger partial charge in [0.1, 0.15) is 5.58 Å². The van der Waals surface area contributed by atoms with Crippen LogP contribution in [0, 0.1) is 20.8 Å². The third-order valence-corrected chi connectivity index (χ3v) is 3.90. The van der Waals surface area contributed by atoms with Gasteiger partial charge < -0.3 is 4.42 Å². The van der Waals surface area contributed by atoms with Crippen molar-refractivity contribution < 1.29 is 4.42 Å². The van der Waals surface area contributed by atoms with Crippen molar-refractivity contribution in [1.82, 2.24) is 4.98 Å². The van der Waals surface area contributed by atoms with Gasteiger partial charge in [0.25, 0.3) is 0 Å². The molecule has 0 N–H and O–H groups in total. The van der Waals surface area contributed by atoms with E-state index in [9.17, 15) is 0 Å². The molecule has 0 saturated carbocycles. The van der Waals surface area contributed by atoms with Crippen LogP contribution in [0.1, 0.15) is 43.2 Å². The maximum Gasteiger partial charge on any atom is 0.227 e. The molecular formula is C18H21NO. The number of aryl methyl sites for hydroxylation is 3. The van der Waals surface area contributed by atoms with E-state index >= 15 is 0 Å². The number of hydrogen-bond donors (Lipinski definition) is 0. The number of furan rings is 1. The minimum absolute atomic E-state index is 0.0560. The smallest absolute Gasteiger partial charge is 0.227 e. The van der Waals surface area contributed by atoms with Crippen molar-refractivity contribution in [3.05, 3.63) is 40.6 Å². The summed E-state index contributed by atoms with van der Waals surface area (Å²) in [5.41, 5.74) is 6.60. The van der Waals surface area contributed by atoms with Crippen molar-refractivity contribution in [2.75, 3.05) is 0 Å². The summed E-state index contributed by atoms with van der Waals surface area (Å²) < 4.78 is 6.14. The highest BCUT2D eigenvalue weighted by molar-refractivity contribution is 6.06. The SMILES string of the molecule is Cc1cc(C)c2c(n1)oc1c(C(C)(C)C)c(C)ccc12. The number of hydrogen-bond acceptors (Lipinski definition) is 2. The molecule has 2 heterocycles. The van der Waals surface area contributed by atoms with E-state index in [1.54, 1.807) is 0 Å². The Morgan fingerprint density at radius 2 is 1.70 bits per heavy atom. The molecule has 0 bridgehead atoms. The molecule has 2 heteroatoms. The van der Waals surface area contributed by atoms with Gasteiger partial charge in [0.05, 0.1) is 5.39 Å². The van der Waals surface area contributed by atoms with Gasteiger partial charge in [-0.2, -0.15) is 0 Å². The molecule has 0 aliphatic heterocycles. The second-order valence-corrected chi connectivity index (χ2v) is 6.75. The van der Waals surface area contributed by atoms with E-state index in [0.29, 0.717) is 0 Å². The Bertz CT molecular complexity index is 819. The number of fused-ring (bicyclic) bond motifs is 3. The number of nitrogens with zero attached hydrogens (tertiary/aromatic N) is 1. The lowest BCUT2D eigenvalue weighted by atomic mass is 9.83. The summed E-state index contributed by atoms with van der Waals surface area (Å²) in [4.78, 5) is 4.56. The molecular weight excluding hydrogens is 246 g/mol. The summed E-state index contributed by atoms with van der Waals surface area (Å²) in [5, 5.41) is 2.33. The quantitative estimate of drug-likeness (QED) is 0.559. The van der Waals surface area contributed by atoms with Crippen LogP contribution in [-0.2, 0) is 5.41 Å². The van der Waals surface area contributed by atoms with Crippen molar-refractivity contribution in [2.24, 2.45) is 0 Å². The van der Waals surface area contributed by atoms with Gasteiger partial charge in [0.2, 0.25) is 5.71 Å². The monoisotopic (exact) mass is 267 g/mol. The van der Waals surface area contributed by atoms with E-state index in [0.717, 1.165) is 22.4 Å². The molecule has 0 atom stereocenters. The fourth-order valence-electron chi connectivity index (χ4n) is 3.22. The Hall–Kier alpha value is -1.83. The second-order valence-electron chi connectivity index (χ2n) is 6.75. The standard InChI is InChI=1S/C18H21NO/c1-10-7-8-13-14-11(2)9-12(3)19-17(14)20-16(13)15(10)18(4,5)6/h7-9H,1-6H3. The van der Waals surface area contributed by atoms with E-state index < -0.39 is 0 Å². The van der Waals surface area contributed by atoms with E-state index in [1.165, 1.54) is 22.1 Å². The average molecular weight is 267 g/mol. The Kier molecular flexibility index (Phi) is 2.69. The topological polar surface area (TPSA) is 26.0 Å². The zero-order valence-corrected chi connectivity index (χ0v) is 13.1. The molecule has 2 aromatic heterocycles. The third-order valence-electron chi connectivity index (χ3n) is 3.90. The summed E-state index contributed by atoms with van der Waals surface area (Å²) in [6.07, 6.45) is 0. The van der Waals surface area contributed by atoms with Crippen LogP contribution in [0.4, 0.5) is 0 Å². The van der Waals surface area contributed by atoms with Crippen molar-refractivity contribution >= 4 is 22.1 Å². The van der Waals surface area contributed by atoms with Crippen LogP contribution in [0.3, 0.4) is 0 Å². The average Bonchev–Trinajstić information content (AvgIpc) is 2.64. The molecule has 20 heavy (non-hydrogen) atoms. The number of aromatic nitrogens is 1. The molecule has 0 saturated heterocycles. The molecule has 0 spiro atoms. The predicted octanol–water partition coefficient (Wildman–Crippen LogP) is 5.20. The minimum atomic E-state index is 0.0560. The van der Waals surface area contributed by atoms with E-state index in [2.05, 4.69) is 57.8 Å². The van der Waals surface area contributed by atoms with Crippen LogP contribution >= 0.6 is 0 Å². The van der Waals surface area contributed by atoms with Gasteiger partial charge in [0, 0.05) is 16.6 Å². The van der Waals surface area contributed by atoms with Crippen molar-refractivity contribution in [3.63, 3.8) is 0 Å². The highest BCUT2D eigenvalue weighted by Crippen LogP contribution is 2.38. The van der Waals surface area contributed by atoms with Gasteiger partial charge in [-0.1, -0.05) is 32.9 Å². The summed E-state index contributed by atoms with van der Waals surface area (Å²) >= 11 is 0. The molecule has 0 unspecified atom stereocenters. The normalized spacial score (nSPS) is 12.5. The number of benzene rings is 1. The lowest BCUT2D eigenvalue weighted by Crippen LogP contribution is -2.13. The number of rotatable bonds is 0. The van der Waals surface area contributed by atoms with Gasteiger partial charge in [0.15, 0.2) is 0 Å². The molecule has 0 fully saturated rings. The lowest BCUT2D eigenvalue weighted by molar-refractivity contribution is 0.566. The first-order valence-corrected chi connectivity index (χ1v) is 7.09. The highest BCUT2D eigenvalue weighted by Gasteiger charge is 2.23. The number of pyridine rings is 1. The maximum atomic E-state index is 6.14. The molecule has 0 aliphatic carbocycles. The van der Waals surface area contributed by atoms with Gasteiger partial charge in [-0.3, -0.25) is 0 Å². The largest absolute Gasteiger partial charge is 0.437 e. The van der Waals surface area contributed by atoms with Gasteiger partial charge in [-0.15, -0.1) is 0 Å². The van der Waals surface area contributed by atoms with Crippen LogP contribution in [0.15, 0.2) is 22.6 Å². The van der Waals surface area contributed by atoms with E-state index in [-0.39, 0.29) is 5.41 Å². The van der Waals surface area contributed by atoms with Crippen LogP contribution in [0.2, 0.25) is 0 Å². The molecule has 3 aromatic rings. The van der Waals surface area contributed by atoms with Crippen molar-refractivity contribution in [1.29, 1.82) is 0 Å². The molecule has 104 valence electrons.